The lowest BCUT2D eigenvalue weighted by molar-refractivity contribution is 0.218. The minimum absolute atomic E-state index is 0.292. The quantitative estimate of drug-likeness (QED) is 0.937. The number of methoxy groups -OCH3 is 2. The van der Waals surface area contributed by atoms with Crippen molar-refractivity contribution in [3.05, 3.63) is 58.4 Å². The lowest BCUT2D eigenvalue weighted by Crippen LogP contribution is -2.02. The second-order valence-corrected chi connectivity index (χ2v) is 4.62. The van der Waals surface area contributed by atoms with Crippen molar-refractivity contribution in [3.8, 4) is 11.5 Å². The van der Waals surface area contributed by atoms with Gasteiger partial charge in [-0.25, -0.2) is 4.39 Å². The Labute approximate surface area is 121 Å². The summed E-state index contributed by atoms with van der Waals surface area (Å²) in [5.41, 5.74) is 0.802. The van der Waals surface area contributed by atoms with Gasteiger partial charge in [-0.1, -0.05) is 11.6 Å². The Morgan fingerprint density at radius 1 is 1.05 bits per heavy atom. The van der Waals surface area contributed by atoms with Gasteiger partial charge in [0.25, 0.3) is 0 Å². The SMILES string of the molecule is COc1cc(OC)cc(C(O)c2cc(F)ccc2Cl)c1. The van der Waals surface area contributed by atoms with Gasteiger partial charge in [0.15, 0.2) is 0 Å². The molecule has 0 saturated heterocycles. The number of hydrogen-bond donors (Lipinski definition) is 1. The zero-order chi connectivity index (χ0) is 14.7. The van der Waals surface area contributed by atoms with E-state index < -0.39 is 11.9 Å². The third kappa shape index (κ3) is 3.03. The van der Waals surface area contributed by atoms with E-state index in [1.54, 1.807) is 18.2 Å². The van der Waals surface area contributed by atoms with Gasteiger partial charge in [-0.3, -0.25) is 0 Å². The van der Waals surface area contributed by atoms with E-state index in [4.69, 9.17) is 21.1 Å². The van der Waals surface area contributed by atoms with E-state index in [2.05, 4.69) is 0 Å². The maximum atomic E-state index is 13.3. The van der Waals surface area contributed by atoms with Crippen LogP contribution in [0.1, 0.15) is 17.2 Å². The highest BCUT2D eigenvalue weighted by atomic mass is 35.5. The largest absolute Gasteiger partial charge is 0.497 e. The molecule has 2 aromatic rings. The van der Waals surface area contributed by atoms with E-state index in [0.29, 0.717) is 27.6 Å². The summed E-state index contributed by atoms with van der Waals surface area (Å²) in [5, 5.41) is 10.7. The van der Waals surface area contributed by atoms with Gasteiger partial charge in [0, 0.05) is 16.7 Å². The average Bonchev–Trinajstić information content (AvgIpc) is 2.48. The van der Waals surface area contributed by atoms with E-state index >= 15 is 0 Å². The molecule has 2 rings (SSSR count). The summed E-state index contributed by atoms with van der Waals surface area (Å²) in [6, 6.07) is 8.84. The number of aliphatic hydroxyl groups is 1. The van der Waals surface area contributed by atoms with Crippen LogP contribution in [-0.4, -0.2) is 19.3 Å². The topological polar surface area (TPSA) is 38.7 Å². The molecule has 0 aliphatic rings. The normalized spacial score (nSPS) is 12.1. The molecule has 1 atom stereocenters. The molecule has 5 heteroatoms. The van der Waals surface area contributed by atoms with Crippen molar-refractivity contribution >= 4 is 11.6 Å². The smallest absolute Gasteiger partial charge is 0.123 e. The summed E-state index contributed by atoms with van der Waals surface area (Å²) in [4.78, 5) is 0. The molecule has 0 aromatic heterocycles. The van der Waals surface area contributed by atoms with Gasteiger partial charge in [-0.2, -0.15) is 0 Å². The molecule has 0 aliphatic carbocycles. The predicted molar refractivity (Wildman–Crippen MR) is 75.0 cm³/mol. The highest BCUT2D eigenvalue weighted by Gasteiger charge is 2.17. The molecular weight excluding hydrogens is 283 g/mol. The maximum absolute atomic E-state index is 13.3. The zero-order valence-electron chi connectivity index (χ0n) is 11.1. The van der Waals surface area contributed by atoms with Crippen LogP contribution in [-0.2, 0) is 0 Å². The van der Waals surface area contributed by atoms with Crippen molar-refractivity contribution < 1.29 is 19.0 Å². The summed E-state index contributed by atoms with van der Waals surface area (Å²) < 4.78 is 23.6. The van der Waals surface area contributed by atoms with Gasteiger partial charge >= 0.3 is 0 Å². The van der Waals surface area contributed by atoms with Crippen molar-refractivity contribution in [1.29, 1.82) is 0 Å². The number of benzene rings is 2. The highest BCUT2D eigenvalue weighted by molar-refractivity contribution is 6.31. The predicted octanol–water partition coefficient (Wildman–Crippen LogP) is 3.58. The van der Waals surface area contributed by atoms with Crippen molar-refractivity contribution in [2.24, 2.45) is 0 Å². The first-order valence-corrected chi connectivity index (χ1v) is 6.29. The fourth-order valence-electron chi connectivity index (χ4n) is 1.89. The molecule has 20 heavy (non-hydrogen) atoms. The first-order chi connectivity index (χ1) is 9.55. The first-order valence-electron chi connectivity index (χ1n) is 5.91. The van der Waals surface area contributed by atoms with Crippen molar-refractivity contribution in [3.63, 3.8) is 0 Å². The van der Waals surface area contributed by atoms with Crippen LogP contribution in [0.2, 0.25) is 5.02 Å². The molecule has 1 unspecified atom stereocenters. The monoisotopic (exact) mass is 296 g/mol. The van der Waals surface area contributed by atoms with Crippen LogP contribution in [0.3, 0.4) is 0 Å². The van der Waals surface area contributed by atoms with Crippen LogP contribution in [0.4, 0.5) is 4.39 Å². The van der Waals surface area contributed by atoms with Crippen molar-refractivity contribution in [2.45, 2.75) is 6.10 Å². The Hall–Kier alpha value is -1.78. The summed E-state index contributed by atoms with van der Waals surface area (Å²) >= 11 is 6.00. The standard InChI is InChI=1S/C15H14ClFO3/c1-19-11-5-9(6-12(8-11)20-2)15(18)13-7-10(17)3-4-14(13)16/h3-8,15,18H,1-2H3. The van der Waals surface area contributed by atoms with Gasteiger partial charge in [0.1, 0.15) is 23.4 Å². The Balaban J connectivity index is 2.46. The Morgan fingerprint density at radius 2 is 1.65 bits per heavy atom. The Bertz CT molecular complexity index is 594. The van der Waals surface area contributed by atoms with Gasteiger partial charge in [-0.05, 0) is 35.9 Å². The van der Waals surface area contributed by atoms with Crippen LogP contribution in [0.25, 0.3) is 0 Å². The fraction of sp³-hybridized carbons (Fsp3) is 0.200. The minimum Gasteiger partial charge on any atom is -0.497 e. The lowest BCUT2D eigenvalue weighted by atomic mass is 10.0. The Morgan fingerprint density at radius 3 is 2.20 bits per heavy atom. The zero-order valence-corrected chi connectivity index (χ0v) is 11.8. The van der Waals surface area contributed by atoms with Crippen LogP contribution in [0, 0.1) is 5.82 Å². The Kier molecular flexibility index (Phi) is 4.47. The van der Waals surface area contributed by atoms with E-state index in [0.717, 1.165) is 0 Å². The van der Waals surface area contributed by atoms with Crippen molar-refractivity contribution in [2.75, 3.05) is 14.2 Å². The maximum Gasteiger partial charge on any atom is 0.123 e. The molecule has 0 saturated carbocycles. The number of aliphatic hydroxyl groups excluding tert-OH is 1. The molecule has 2 aromatic carbocycles. The second kappa shape index (κ2) is 6.11. The third-order valence-corrected chi connectivity index (χ3v) is 3.29. The molecule has 0 spiro atoms. The molecule has 106 valence electrons. The third-order valence-electron chi connectivity index (χ3n) is 2.94. The summed E-state index contributed by atoms with van der Waals surface area (Å²) in [6.45, 7) is 0. The van der Waals surface area contributed by atoms with Crippen LogP contribution >= 0.6 is 11.6 Å². The number of hydrogen-bond acceptors (Lipinski definition) is 3. The number of ether oxygens (including phenoxy) is 2. The van der Waals surface area contributed by atoms with E-state index in [1.165, 1.54) is 32.4 Å². The van der Waals surface area contributed by atoms with Crippen molar-refractivity contribution in [1.82, 2.24) is 0 Å². The van der Waals surface area contributed by atoms with E-state index in [9.17, 15) is 9.50 Å². The summed E-state index contributed by atoms with van der Waals surface area (Å²) in [6.07, 6.45) is -1.07. The molecule has 3 nitrogen and oxygen atoms in total. The highest BCUT2D eigenvalue weighted by Crippen LogP contribution is 2.33. The second-order valence-electron chi connectivity index (χ2n) is 4.21. The van der Waals surface area contributed by atoms with Gasteiger partial charge < -0.3 is 14.6 Å². The van der Waals surface area contributed by atoms with Gasteiger partial charge in [-0.15, -0.1) is 0 Å². The molecule has 0 fully saturated rings. The van der Waals surface area contributed by atoms with E-state index in [1.807, 2.05) is 0 Å². The molecule has 0 amide bonds. The van der Waals surface area contributed by atoms with Crippen LogP contribution in [0.5, 0.6) is 11.5 Å². The van der Waals surface area contributed by atoms with Gasteiger partial charge in [0.05, 0.1) is 14.2 Å². The average molecular weight is 297 g/mol. The molecule has 0 bridgehead atoms. The number of rotatable bonds is 4. The number of halogens is 2. The molecule has 0 aliphatic heterocycles. The summed E-state index contributed by atoms with van der Waals surface area (Å²) in [5.74, 6) is 0.607. The lowest BCUT2D eigenvalue weighted by Gasteiger charge is -2.15. The van der Waals surface area contributed by atoms with Crippen LogP contribution in [0.15, 0.2) is 36.4 Å². The molecule has 1 N–H and O–H groups in total. The first kappa shape index (κ1) is 14.6. The molecule has 0 heterocycles. The minimum atomic E-state index is -1.07. The van der Waals surface area contributed by atoms with Crippen LogP contribution < -0.4 is 9.47 Å². The fourth-order valence-corrected chi connectivity index (χ4v) is 2.11. The molecular formula is C15H14ClFO3. The molecule has 0 radical (unpaired) electrons. The van der Waals surface area contributed by atoms with E-state index in [-0.39, 0.29) is 0 Å². The van der Waals surface area contributed by atoms with Gasteiger partial charge in [0.2, 0.25) is 0 Å². The summed E-state index contributed by atoms with van der Waals surface area (Å²) in [7, 11) is 3.03.